The van der Waals surface area contributed by atoms with Crippen molar-refractivity contribution in [3.63, 3.8) is 0 Å². The standard InChI is InChI=1S/C11H18BrNO/c1-11(5-3-6-11)8-13-7-2-4-9(12)10(13)14/h9H,2-8H2,1H3. The molecule has 2 fully saturated rings. The third-order valence-corrected chi connectivity index (χ3v) is 4.45. The molecule has 14 heavy (non-hydrogen) atoms. The molecule has 0 radical (unpaired) electrons. The average molecular weight is 260 g/mol. The topological polar surface area (TPSA) is 20.3 Å². The molecule has 1 saturated heterocycles. The predicted molar refractivity (Wildman–Crippen MR) is 60.5 cm³/mol. The Hall–Kier alpha value is -0.0500. The summed E-state index contributed by atoms with van der Waals surface area (Å²) in [4.78, 5) is 14.0. The van der Waals surface area contributed by atoms with Crippen molar-refractivity contribution in [1.29, 1.82) is 0 Å². The molecule has 1 aliphatic heterocycles. The highest BCUT2D eigenvalue weighted by Gasteiger charge is 2.37. The van der Waals surface area contributed by atoms with E-state index in [0.29, 0.717) is 11.3 Å². The molecular formula is C11H18BrNO. The summed E-state index contributed by atoms with van der Waals surface area (Å²) in [5.74, 6) is 0.310. The number of carbonyl (C=O) groups excluding carboxylic acids is 1. The monoisotopic (exact) mass is 259 g/mol. The lowest BCUT2D eigenvalue weighted by Gasteiger charge is -2.43. The summed E-state index contributed by atoms with van der Waals surface area (Å²) in [5.41, 5.74) is 0.430. The second-order valence-electron chi connectivity index (χ2n) is 5.03. The van der Waals surface area contributed by atoms with Crippen molar-refractivity contribution < 1.29 is 4.79 Å². The molecule has 0 bridgehead atoms. The molecule has 0 aromatic carbocycles. The van der Waals surface area contributed by atoms with Gasteiger partial charge in [0.05, 0.1) is 4.83 Å². The average Bonchev–Trinajstić information content (AvgIpc) is 2.10. The summed E-state index contributed by atoms with van der Waals surface area (Å²) in [6.45, 7) is 4.26. The summed E-state index contributed by atoms with van der Waals surface area (Å²) < 4.78 is 0. The number of amides is 1. The molecule has 3 heteroatoms. The molecule has 0 aromatic rings. The highest BCUT2D eigenvalue weighted by molar-refractivity contribution is 9.10. The number of hydrogen-bond donors (Lipinski definition) is 0. The second-order valence-corrected chi connectivity index (χ2v) is 6.14. The lowest BCUT2D eigenvalue weighted by atomic mass is 9.70. The van der Waals surface area contributed by atoms with Gasteiger partial charge in [0, 0.05) is 13.1 Å². The van der Waals surface area contributed by atoms with Gasteiger partial charge in [-0.25, -0.2) is 0 Å². The Labute approximate surface area is 94.2 Å². The molecule has 1 saturated carbocycles. The van der Waals surface area contributed by atoms with Crippen LogP contribution < -0.4 is 0 Å². The summed E-state index contributed by atoms with van der Waals surface area (Å²) in [6, 6.07) is 0. The number of carbonyl (C=O) groups is 1. The van der Waals surface area contributed by atoms with E-state index >= 15 is 0 Å². The number of halogens is 1. The summed E-state index contributed by atoms with van der Waals surface area (Å²) in [6.07, 6.45) is 6.09. The molecule has 1 unspecified atom stereocenters. The molecule has 0 spiro atoms. The SMILES string of the molecule is CC1(CN2CCCC(Br)C2=O)CCC1. The first-order valence-electron chi connectivity index (χ1n) is 5.54. The van der Waals surface area contributed by atoms with Crippen molar-refractivity contribution >= 4 is 21.8 Å². The van der Waals surface area contributed by atoms with E-state index in [-0.39, 0.29) is 4.83 Å². The zero-order valence-corrected chi connectivity index (χ0v) is 10.3. The first-order chi connectivity index (χ1) is 6.61. The molecule has 0 N–H and O–H groups in total. The molecule has 2 rings (SSSR count). The van der Waals surface area contributed by atoms with Crippen LogP contribution in [0.5, 0.6) is 0 Å². The van der Waals surface area contributed by atoms with Crippen molar-refractivity contribution in [2.75, 3.05) is 13.1 Å². The number of rotatable bonds is 2. The molecule has 2 aliphatic rings. The largest absolute Gasteiger partial charge is 0.341 e. The van der Waals surface area contributed by atoms with Crippen LogP contribution >= 0.6 is 15.9 Å². The van der Waals surface area contributed by atoms with Gasteiger partial charge < -0.3 is 4.90 Å². The predicted octanol–water partition coefficient (Wildman–Crippen LogP) is 2.56. The highest BCUT2D eigenvalue weighted by atomic mass is 79.9. The zero-order chi connectivity index (χ0) is 10.2. The van der Waals surface area contributed by atoms with Crippen LogP contribution in [-0.4, -0.2) is 28.7 Å². The van der Waals surface area contributed by atoms with Crippen molar-refractivity contribution in [3.8, 4) is 0 Å². The van der Waals surface area contributed by atoms with Gasteiger partial charge in [0.1, 0.15) is 0 Å². The lowest BCUT2D eigenvalue weighted by Crippen LogP contribution is -2.48. The first-order valence-corrected chi connectivity index (χ1v) is 6.45. The fraction of sp³-hybridized carbons (Fsp3) is 0.909. The minimum Gasteiger partial charge on any atom is -0.341 e. The van der Waals surface area contributed by atoms with E-state index in [2.05, 4.69) is 27.8 Å². The number of alkyl halides is 1. The van der Waals surface area contributed by atoms with Gasteiger partial charge in [0.2, 0.25) is 5.91 Å². The Bertz CT molecular complexity index is 237. The van der Waals surface area contributed by atoms with Gasteiger partial charge >= 0.3 is 0 Å². The molecule has 0 aromatic heterocycles. The normalized spacial score (nSPS) is 31.4. The first kappa shape index (κ1) is 10.5. The van der Waals surface area contributed by atoms with Gasteiger partial charge in [-0.3, -0.25) is 4.79 Å². The minimum absolute atomic E-state index is 0.0833. The maximum Gasteiger partial charge on any atom is 0.236 e. The van der Waals surface area contributed by atoms with E-state index < -0.39 is 0 Å². The van der Waals surface area contributed by atoms with Gasteiger partial charge in [-0.05, 0) is 31.1 Å². The van der Waals surface area contributed by atoms with E-state index in [1.807, 2.05) is 0 Å². The number of hydrogen-bond acceptors (Lipinski definition) is 1. The zero-order valence-electron chi connectivity index (χ0n) is 8.76. The highest BCUT2D eigenvalue weighted by Crippen LogP contribution is 2.41. The van der Waals surface area contributed by atoms with E-state index in [0.717, 1.165) is 25.9 Å². The smallest absolute Gasteiger partial charge is 0.236 e. The van der Waals surface area contributed by atoms with Gasteiger partial charge in [0.15, 0.2) is 0 Å². The van der Waals surface area contributed by atoms with E-state index in [1.165, 1.54) is 19.3 Å². The van der Waals surface area contributed by atoms with Crippen LogP contribution in [-0.2, 0) is 4.79 Å². The molecule has 1 atom stereocenters. The van der Waals surface area contributed by atoms with Crippen LogP contribution in [0.25, 0.3) is 0 Å². The Morgan fingerprint density at radius 1 is 1.50 bits per heavy atom. The minimum atomic E-state index is 0.0833. The van der Waals surface area contributed by atoms with Crippen molar-refractivity contribution in [1.82, 2.24) is 4.90 Å². The third kappa shape index (κ3) is 1.97. The van der Waals surface area contributed by atoms with Gasteiger partial charge in [-0.2, -0.15) is 0 Å². The van der Waals surface area contributed by atoms with Crippen LogP contribution in [0, 0.1) is 5.41 Å². The van der Waals surface area contributed by atoms with Gasteiger partial charge in [-0.15, -0.1) is 0 Å². The van der Waals surface area contributed by atoms with Crippen LogP contribution in [0.15, 0.2) is 0 Å². The van der Waals surface area contributed by atoms with Crippen LogP contribution in [0.2, 0.25) is 0 Å². The van der Waals surface area contributed by atoms with Gasteiger partial charge in [-0.1, -0.05) is 29.3 Å². The number of likely N-dealkylation sites (tertiary alicyclic amines) is 1. The van der Waals surface area contributed by atoms with Crippen LogP contribution in [0.1, 0.15) is 39.0 Å². The van der Waals surface area contributed by atoms with Crippen molar-refractivity contribution in [3.05, 3.63) is 0 Å². The Morgan fingerprint density at radius 2 is 2.21 bits per heavy atom. The Morgan fingerprint density at radius 3 is 2.79 bits per heavy atom. The third-order valence-electron chi connectivity index (χ3n) is 3.60. The quantitative estimate of drug-likeness (QED) is 0.699. The number of nitrogens with zero attached hydrogens (tertiary/aromatic N) is 1. The molecule has 80 valence electrons. The van der Waals surface area contributed by atoms with E-state index in [9.17, 15) is 4.79 Å². The Kier molecular flexibility index (Phi) is 2.87. The lowest BCUT2D eigenvalue weighted by molar-refractivity contribution is -0.135. The van der Waals surface area contributed by atoms with Crippen LogP contribution in [0.4, 0.5) is 0 Å². The maximum atomic E-state index is 11.8. The summed E-state index contributed by atoms with van der Waals surface area (Å²) >= 11 is 3.45. The van der Waals surface area contributed by atoms with Crippen molar-refractivity contribution in [2.24, 2.45) is 5.41 Å². The molecule has 1 aliphatic carbocycles. The molecule has 2 nitrogen and oxygen atoms in total. The molecule has 1 heterocycles. The number of piperidine rings is 1. The second kappa shape index (κ2) is 3.84. The van der Waals surface area contributed by atoms with Gasteiger partial charge in [0.25, 0.3) is 0 Å². The van der Waals surface area contributed by atoms with E-state index in [1.54, 1.807) is 0 Å². The van der Waals surface area contributed by atoms with Crippen molar-refractivity contribution in [2.45, 2.75) is 43.9 Å². The maximum absolute atomic E-state index is 11.8. The summed E-state index contributed by atoms with van der Waals surface area (Å²) in [7, 11) is 0. The summed E-state index contributed by atoms with van der Waals surface area (Å²) in [5, 5.41) is 0. The van der Waals surface area contributed by atoms with E-state index in [4.69, 9.17) is 0 Å². The van der Waals surface area contributed by atoms with Crippen LogP contribution in [0.3, 0.4) is 0 Å². The molecular weight excluding hydrogens is 242 g/mol. The fourth-order valence-electron chi connectivity index (χ4n) is 2.45. The Balaban J connectivity index is 1.93. The molecule has 1 amide bonds. The fourth-order valence-corrected chi connectivity index (χ4v) is 3.06.